The van der Waals surface area contributed by atoms with Crippen molar-refractivity contribution in [3.8, 4) is 5.75 Å². The molecule has 2 nitrogen and oxygen atoms in total. The minimum atomic E-state index is 0.242. The highest BCUT2D eigenvalue weighted by Gasteiger charge is 2.08. The van der Waals surface area contributed by atoms with Crippen LogP contribution in [0.1, 0.15) is 5.56 Å². The number of hydrogen-bond acceptors (Lipinski definition) is 2. The Balaban J connectivity index is 1.88. The summed E-state index contributed by atoms with van der Waals surface area (Å²) < 4.78 is 5.76. The van der Waals surface area contributed by atoms with Crippen LogP contribution in [0, 0.1) is 0 Å². The summed E-state index contributed by atoms with van der Waals surface area (Å²) in [4.78, 5) is 0. The van der Waals surface area contributed by atoms with Crippen molar-refractivity contribution in [3.63, 3.8) is 0 Å². The molecule has 2 rings (SSSR count). The molecule has 0 aliphatic heterocycles. The fourth-order valence-corrected chi connectivity index (χ4v) is 2.13. The Morgan fingerprint density at radius 3 is 2.05 bits per heavy atom. The molecule has 20 heavy (non-hydrogen) atoms. The first-order valence-corrected chi connectivity index (χ1v) is 7.23. The van der Waals surface area contributed by atoms with Gasteiger partial charge >= 0.3 is 0 Å². The molecule has 0 spiro atoms. The predicted octanol–water partition coefficient (Wildman–Crippen LogP) is 4.20. The first kappa shape index (κ1) is 15.2. The van der Waals surface area contributed by atoms with Crippen molar-refractivity contribution in [1.29, 1.82) is 0 Å². The first-order chi connectivity index (χ1) is 9.67. The molecule has 1 unspecified atom stereocenters. The molecule has 4 heteroatoms. The summed E-state index contributed by atoms with van der Waals surface area (Å²) in [6.45, 7) is 0.598. The summed E-state index contributed by atoms with van der Waals surface area (Å²) in [6, 6.07) is 15.5. The Bertz CT molecular complexity index is 525. The van der Waals surface area contributed by atoms with Crippen molar-refractivity contribution in [3.05, 3.63) is 64.1 Å². The molecule has 0 aliphatic carbocycles. The second-order valence-electron chi connectivity index (χ2n) is 4.58. The fourth-order valence-electron chi connectivity index (χ4n) is 1.88. The molecule has 0 aromatic heterocycles. The van der Waals surface area contributed by atoms with Gasteiger partial charge in [-0.05, 0) is 55.4 Å². The topological polar surface area (TPSA) is 21.3 Å². The van der Waals surface area contributed by atoms with Gasteiger partial charge in [0, 0.05) is 16.1 Å². The van der Waals surface area contributed by atoms with Crippen molar-refractivity contribution in [2.45, 2.75) is 12.5 Å². The van der Waals surface area contributed by atoms with E-state index in [0.29, 0.717) is 11.6 Å². The average Bonchev–Trinajstić information content (AvgIpc) is 2.47. The molecular weight excluding hydrogens is 293 g/mol. The third-order valence-electron chi connectivity index (χ3n) is 3.07. The lowest BCUT2D eigenvalue weighted by atomic mass is 10.1. The van der Waals surface area contributed by atoms with E-state index in [1.165, 1.54) is 5.56 Å². The van der Waals surface area contributed by atoms with Crippen LogP contribution in [0.5, 0.6) is 5.75 Å². The quantitative estimate of drug-likeness (QED) is 0.863. The van der Waals surface area contributed by atoms with E-state index in [4.69, 9.17) is 27.9 Å². The first-order valence-electron chi connectivity index (χ1n) is 6.47. The third-order valence-corrected chi connectivity index (χ3v) is 3.57. The molecular formula is C16H17Cl2NO. The number of rotatable bonds is 6. The molecule has 0 saturated carbocycles. The van der Waals surface area contributed by atoms with Gasteiger partial charge in [0.25, 0.3) is 0 Å². The highest BCUT2D eigenvalue weighted by Crippen LogP contribution is 2.16. The van der Waals surface area contributed by atoms with E-state index in [2.05, 4.69) is 5.32 Å². The summed E-state index contributed by atoms with van der Waals surface area (Å²) in [7, 11) is 1.94. The minimum absolute atomic E-state index is 0.242. The molecule has 0 saturated heterocycles. The Labute approximate surface area is 129 Å². The maximum Gasteiger partial charge on any atom is 0.119 e. The molecule has 0 amide bonds. The molecule has 2 aromatic rings. The summed E-state index contributed by atoms with van der Waals surface area (Å²) in [5.74, 6) is 0.825. The maximum absolute atomic E-state index is 5.88. The Hall–Kier alpha value is -1.22. The highest BCUT2D eigenvalue weighted by molar-refractivity contribution is 6.30. The van der Waals surface area contributed by atoms with Crippen molar-refractivity contribution in [1.82, 2.24) is 5.32 Å². The lowest BCUT2D eigenvalue weighted by Gasteiger charge is -2.17. The molecule has 1 N–H and O–H groups in total. The van der Waals surface area contributed by atoms with Crippen molar-refractivity contribution in [2.24, 2.45) is 0 Å². The van der Waals surface area contributed by atoms with Crippen molar-refractivity contribution < 1.29 is 4.74 Å². The predicted molar refractivity (Wildman–Crippen MR) is 85.0 cm³/mol. The summed E-state index contributed by atoms with van der Waals surface area (Å²) in [5.41, 5.74) is 1.23. The van der Waals surface area contributed by atoms with Crippen LogP contribution in [0.25, 0.3) is 0 Å². The smallest absolute Gasteiger partial charge is 0.119 e. The third kappa shape index (κ3) is 4.71. The number of likely N-dealkylation sites (N-methyl/N-ethyl adjacent to an activating group) is 1. The van der Waals surface area contributed by atoms with E-state index in [-0.39, 0.29) is 6.04 Å². The van der Waals surface area contributed by atoms with E-state index >= 15 is 0 Å². The van der Waals surface area contributed by atoms with E-state index in [1.807, 2.05) is 55.6 Å². The van der Waals surface area contributed by atoms with Gasteiger partial charge in [0.15, 0.2) is 0 Å². The van der Waals surface area contributed by atoms with Gasteiger partial charge in [-0.3, -0.25) is 0 Å². The molecule has 2 aromatic carbocycles. The van der Waals surface area contributed by atoms with Crippen LogP contribution in [0.4, 0.5) is 0 Å². The number of halogens is 2. The van der Waals surface area contributed by atoms with E-state index < -0.39 is 0 Å². The van der Waals surface area contributed by atoms with Crippen LogP contribution in [0.3, 0.4) is 0 Å². The van der Waals surface area contributed by atoms with Gasteiger partial charge in [-0.1, -0.05) is 35.3 Å². The minimum Gasteiger partial charge on any atom is -0.492 e. The molecule has 0 fully saturated rings. The zero-order chi connectivity index (χ0) is 14.4. The summed E-state index contributed by atoms with van der Waals surface area (Å²) >= 11 is 11.7. The van der Waals surface area contributed by atoms with Crippen LogP contribution < -0.4 is 10.1 Å². The second-order valence-corrected chi connectivity index (χ2v) is 5.45. The Morgan fingerprint density at radius 1 is 0.950 bits per heavy atom. The number of benzene rings is 2. The van der Waals surface area contributed by atoms with Gasteiger partial charge in [-0.2, -0.15) is 0 Å². The molecule has 0 heterocycles. The van der Waals surface area contributed by atoms with Crippen molar-refractivity contribution in [2.75, 3.05) is 13.7 Å². The van der Waals surface area contributed by atoms with Crippen LogP contribution >= 0.6 is 23.2 Å². The van der Waals surface area contributed by atoms with Gasteiger partial charge in [0.2, 0.25) is 0 Å². The van der Waals surface area contributed by atoms with Gasteiger partial charge in [-0.25, -0.2) is 0 Å². The SMILES string of the molecule is CNC(COc1ccc(Cl)cc1)Cc1ccc(Cl)cc1. The largest absolute Gasteiger partial charge is 0.492 e. The van der Waals surface area contributed by atoms with Gasteiger partial charge in [0.1, 0.15) is 12.4 Å². The lowest BCUT2D eigenvalue weighted by Crippen LogP contribution is -2.33. The van der Waals surface area contributed by atoms with Crippen molar-refractivity contribution >= 4 is 23.2 Å². The molecule has 106 valence electrons. The average molecular weight is 310 g/mol. The molecule has 0 bridgehead atoms. The Kier molecular flexibility index (Phi) is 5.72. The molecule has 0 radical (unpaired) electrons. The lowest BCUT2D eigenvalue weighted by molar-refractivity contribution is 0.270. The molecule has 1 atom stereocenters. The standard InChI is InChI=1S/C16H17Cl2NO/c1-19-15(10-12-2-4-13(17)5-3-12)11-20-16-8-6-14(18)7-9-16/h2-9,15,19H,10-11H2,1H3. The number of ether oxygens (including phenoxy) is 1. The number of hydrogen-bond donors (Lipinski definition) is 1. The van der Waals surface area contributed by atoms with Crippen LogP contribution in [0.2, 0.25) is 10.0 Å². The zero-order valence-electron chi connectivity index (χ0n) is 11.3. The summed E-state index contributed by atoms with van der Waals surface area (Å²) in [5, 5.41) is 4.73. The highest BCUT2D eigenvalue weighted by atomic mass is 35.5. The van der Waals surface area contributed by atoms with E-state index in [0.717, 1.165) is 17.2 Å². The van der Waals surface area contributed by atoms with Crippen LogP contribution in [-0.4, -0.2) is 19.7 Å². The summed E-state index contributed by atoms with van der Waals surface area (Å²) in [6.07, 6.45) is 0.890. The number of nitrogens with one attached hydrogen (secondary N) is 1. The van der Waals surface area contributed by atoms with E-state index in [9.17, 15) is 0 Å². The fraction of sp³-hybridized carbons (Fsp3) is 0.250. The van der Waals surface area contributed by atoms with Crippen LogP contribution in [-0.2, 0) is 6.42 Å². The maximum atomic E-state index is 5.88. The van der Waals surface area contributed by atoms with E-state index in [1.54, 1.807) is 0 Å². The second kappa shape index (κ2) is 7.53. The van der Waals surface area contributed by atoms with Gasteiger partial charge in [0.05, 0.1) is 0 Å². The Morgan fingerprint density at radius 2 is 1.50 bits per heavy atom. The monoisotopic (exact) mass is 309 g/mol. The van der Waals surface area contributed by atoms with Gasteiger partial charge < -0.3 is 10.1 Å². The van der Waals surface area contributed by atoms with Gasteiger partial charge in [-0.15, -0.1) is 0 Å². The zero-order valence-corrected chi connectivity index (χ0v) is 12.8. The van der Waals surface area contributed by atoms with Crippen LogP contribution in [0.15, 0.2) is 48.5 Å². The normalized spacial score (nSPS) is 12.2. The molecule has 0 aliphatic rings.